The summed E-state index contributed by atoms with van der Waals surface area (Å²) in [5.41, 5.74) is 2.19. The molecule has 1 amide bonds. The second-order valence-electron chi connectivity index (χ2n) is 7.53. The normalized spacial score (nSPS) is 22.5. The molecule has 0 spiro atoms. The number of rotatable bonds is 5. The largest absolute Gasteiger partial charge is 0.465 e. The van der Waals surface area contributed by atoms with E-state index in [1.165, 1.54) is 4.90 Å². The van der Waals surface area contributed by atoms with E-state index in [9.17, 15) is 9.90 Å². The molecule has 0 radical (unpaired) electrons. The van der Waals surface area contributed by atoms with Crippen molar-refractivity contribution in [2.45, 2.75) is 57.3 Å². The Morgan fingerprint density at radius 1 is 1.32 bits per heavy atom. The summed E-state index contributed by atoms with van der Waals surface area (Å²) in [6.45, 7) is 2.73. The predicted molar refractivity (Wildman–Crippen MR) is 106 cm³/mol. The fourth-order valence-corrected chi connectivity index (χ4v) is 4.39. The van der Waals surface area contributed by atoms with Gasteiger partial charge in [-0.2, -0.15) is 0 Å². The molecule has 1 saturated heterocycles. The van der Waals surface area contributed by atoms with Gasteiger partial charge >= 0.3 is 6.09 Å². The van der Waals surface area contributed by atoms with Crippen molar-refractivity contribution in [3.8, 4) is 11.3 Å². The molecule has 150 valence electrons. The number of halogens is 2. The van der Waals surface area contributed by atoms with Crippen molar-refractivity contribution >= 4 is 29.3 Å². The lowest BCUT2D eigenvalue weighted by Gasteiger charge is -2.35. The number of aromatic nitrogens is 1. The van der Waals surface area contributed by atoms with Gasteiger partial charge in [0.05, 0.1) is 22.8 Å². The van der Waals surface area contributed by atoms with Gasteiger partial charge in [-0.3, -0.25) is 0 Å². The van der Waals surface area contributed by atoms with E-state index in [-0.39, 0.29) is 12.1 Å². The Labute approximate surface area is 173 Å². The number of carbonyl (C=O) groups is 1. The van der Waals surface area contributed by atoms with Crippen LogP contribution in [0.1, 0.15) is 49.8 Å². The first-order valence-corrected chi connectivity index (χ1v) is 10.2. The van der Waals surface area contributed by atoms with Crippen LogP contribution in [0, 0.1) is 0 Å². The van der Waals surface area contributed by atoms with E-state index >= 15 is 0 Å². The maximum Gasteiger partial charge on any atom is 0.407 e. The number of hydrogen-bond donors (Lipinski definition) is 1. The third-order valence-electron chi connectivity index (χ3n) is 5.50. The second kappa shape index (κ2) is 7.93. The smallest absolute Gasteiger partial charge is 0.407 e. The van der Waals surface area contributed by atoms with Gasteiger partial charge in [0.25, 0.3) is 0 Å². The molecule has 1 aliphatic carbocycles. The van der Waals surface area contributed by atoms with E-state index in [0.717, 1.165) is 24.2 Å². The van der Waals surface area contributed by atoms with Crippen LogP contribution in [0.25, 0.3) is 11.3 Å². The lowest BCUT2D eigenvalue weighted by Crippen LogP contribution is -2.46. The van der Waals surface area contributed by atoms with Crippen LogP contribution in [0.2, 0.25) is 10.0 Å². The van der Waals surface area contributed by atoms with Gasteiger partial charge in [0.1, 0.15) is 11.5 Å². The van der Waals surface area contributed by atoms with E-state index in [1.54, 1.807) is 18.2 Å². The van der Waals surface area contributed by atoms with Crippen molar-refractivity contribution in [1.82, 2.24) is 10.1 Å². The van der Waals surface area contributed by atoms with Crippen LogP contribution in [-0.2, 0) is 11.3 Å². The molecule has 4 rings (SSSR count). The topological polar surface area (TPSA) is 75.8 Å². The summed E-state index contributed by atoms with van der Waals surface area (Å²) in [6, 6.07) is 5.29. The molecule has 28 heavy (non-hydrogen) atoms. The Kier molecular flexibility index (Phi) is 5.54. The lowest BCUT2D eigenvalue weighted by molar-refractivity contribution is -0.0160. The fraction of sp³-hybridized carbons (Fsp3) is 0.500. The highest BCUT2D eigenvalue weighted by Crippen LogP contribution is 2.46. The average Bonchev–Trinajstić information content (AvgIpc) is 3.40. The zero-order valence-corrected chi connectivity index (χ0v) is 17.0. The highest BCUT2D eigenvalue weighted by Gasteiger charge is 2.35. The summed E-state index contributed by atoms with van der Waals surface area (Å²) in [5.74, 6) is 1.22. The Bertz CT molecular complexity index is 861. The first-order valence-electron chi connectivity index (χ1n) is 9.49. The molecule has 6 nitrogen and oxygen atoms in total. The van der Waals surface area contributed by atoms with Crippen LogP contribution in [0.5, 0.6) is 0 Å². The van der Waals surface area contributed by atoms with E-state index in [1.807, 2.05) is 6.92 Å². The molecule has 2 atom stereocenters. The van der Waals surface area contributed by atoms with Crippen LogP contribution >= 0.6 is 23.2 Å². The summed E-state index contributed by atoms with van der Waals surface area (Å²) in [7, 11) is 0. The van der Waals surface area contributed by atoms with Crippen molar-refractivity contribution < 1.29 is 19.2 Å². The standard InChI is InChI=1S/C20H22Cl2N2O4/c1-11-9-13(7-8-24(11)20(25)26)27-10-14-18(23-28-19(14)12-5-6-12)17-15(21)3-2-4-16(17)22/h2-4,11-13H,5-10H2,1H3,(H,25,26)/t11-,13?/m1/s1. The summed E-state index contributed by atoms with van der Waals surface area (Å²) >= 11 is 12.8. The number of hydrogen-bond acceptors (Lipinski definition) is 4. The van der Waals surface area contributed by atoms with E-state index in [0.29, 0.717) is 53.2 Å². The van der Waals surface area contributed by atoms with Gasteiger partial charge in [0.2, 0.25) is 0 Å². The zero-order chi connectivity index (χ0) is 19.8. The summed E-state index contributed by atoms with van der Waals surface area (Å²) in [5, 5.41) is 14.5. The molecule has 2 fully saturated rings. The average molecular weight is 425 g/mol. The van der Waals surface area contributed by atoms with E-state index in [2.05, 4.69) is 5.16 Å². The van der Waals surface area contributed by atoms with Crippen LogP contribution < -0.4 is 0 Å². The molecule has 1 aromatic heterocycles. The SMILES string of the molecule is C[C@@H]1CC(OCc2c(-c3c(Cl)cccc3Cl)noc2C2CC2)CCN1C(=O)O. The molecule has 1 N–H and O–H groups in total. The van der Waals surface area contributed by atoms with Crippen molar-refractivity contribution in [2.24, 2.45) is 0 Å². The molecule has 2 aliphatic rings. The van der Waals surface area contributed by atoms with Gasteiger partial charge in [-0.25, -0.2) is 4.79 Å². The number of ether oxygens (including phenoxy) is 1. The zero-order valence-electron chi connectivity index (χ0n) is 15.5. The molecule has 2 heterocycles. The highest BCUT2D eigenvalue weighted by atomic mass is 35.5. The molecule has 8 heteroatoms. The number of likely N-dealkylation sites (tertiary alicyclic amines) is 1. The molecule has 2 aromatic rings. The van der Waals surface area contributed by atoms with Crippen LogP contribution in [0.4, 0.5) is 4.79 Å². The number of nitrogens with zero attached hydrogens (tertiary/aromatic N) is 2. The molecular weight excluding hydrogens is 403 g/mol. The number of carboxylic acid groups (broad SMARTS) is 1. The molecule has 1 aliphatic heterocycles. The minimum Gasteiger partial charge on any atom is -0.465 e. The third-order valence-corrected chi connectivity index (χ3v) is 6.13. The Morgan fingerprint density at radius 3 is 2.64 bits per heavy atom. The monoisotopic (exact) mass is 424 g/mol. The van der Waals surface area contributed by atoms with Gasteiger partial charge in [0.15, 0.2) is 0 Å². The Hall–Kier alpha value is -1.76. The van der Waals surface area contributed by atoms with Crippen LogP contribution in [0.3, 0.4) is 0 Å². The predicted octanol–water partition coefficient (Wildman–Crippen LogP) is 5.57. The number of amides is 1. The number of piperidine rings is 1. The van der Waals surface area contributed by atoms with Crippen molar-refractivity contribution in [3.05, 3.63) is 39.6 Å². The minimum absolute atomic E-state index is 0.0119. The van der Waals surface area contributed by atoms with Gasteiger partial charge in [0, 0.05) is 29.6 Å². The van der Waals surface area contributed by atoms with Crippen LogP contribution in [0.15, 0.2) is 22.7 Å². The molecular formula is C20H22Cl2N2O4. The first-order chi connectivity index (χ1) is 13.5. The van der Waals surface area contributed by atoms with Gasteiger partial charge < -0.3 is 19.3 Å². The summed E-state index contributed by atoms with van der Waals surface area (Å²) in [6.07, 6.45) is 2.60. The number of benzene rings is 1. The maximum absolute atomic E-state index is 11.2. The molecule has 1 unspecified atom stereocenters. The van der Waals surface area contributed by atoms with Gasteiger partial charge in [-0.1, -0.05) is 34.4 Å². The summed E-state index contributed by atoms with van der Waals surface area (Å²) < 4.78 is 11.8. The Balaban J connectivity index is 1.55. The van der Waals surface area contributed by atoms with E-state index in [4.69, 9.17) is 32.5 Å². The Morgan fingerprint density at radius 2 is 2.04 bits per heavy atom. The quantitative estimate of drug-likeness (QED) is 0.678. The molecule has 1 saturated carbocycles. The van der Waals surface area contributed by atoms with Crippen molar-refractivity contribution in [3.63, 3.8) is 0 Å². The fourth-order valence-electron chi connectivity index (χ4n) is 3.81. The van der Waals surface area contributed by atoms with Gasteiger partial charge in [-0.15, -0.1) is 0 Å². The lowest BCUT2D eigenvalue weighted by atomic mass is 10.0. The third kappa shape index (κ3) is 3.86. The van der Waals surface area contributed by atoms with Gasteiger partial charge in [-0.05, 0) is 44.7 Å². The van der Waals surface area contributed by atoms with Crippen molar-refractivity contribution in [1.29, 1.82) is 0 Å². The second-order valence-corrected chi connectivity index (χ2v) is 8.34. The summed E-state index contributed by atoms with van der Waals surface area (Å²) in [4.78, 5) is 12.7. The molecule has 1 aromatic carbocycles. The van der Waals surface area contributed by atoms with E-state index < -0.39 is 6.09 Å². The minimum atomic E-state index is -0.878. The van der Waals surface area contributed by atoms with Crippen molar-refractivity contribution in [2.75, 3.05) is 6.54 Å². The van der Waals surface area contributed by atoms with Crippen LogP contribution in [-0.4, -0.2) is 39.9 Å². The highest BCUT2D eigenvalue weighted by molar-refractivity contribution is 6.39. The maximum atomic E-state index is 11.2. The first kappa shape index (κ1) is 19.6. The molecule has 0 bridgehead atoms.